The lowest BCUT2D eigenvalue weighted by Crippen LogP contribution is -2.07. The van der Waals surface area contributed by atoms with E-state index in [0.29, 0.717) is 6.54 Å². The fourth-order valence-corrected chi connectivity index (χ4v) is 2.50. The van der Waals surface area contributed by atoms with Gasteiger partial charge in [0.25, 0.3) is 0 Å². The summed E-state index contributed by atoms with van der Waals surface area (Å²) in [6.07, 6.45) is 9.99. The van der Waals surface area contributed by atoms with E-state index in [4.69, 9.17) is 0 Å². The Morgan fingerprint density at radius 1 is 1.42 bits per heavy atom. The molecular formula is C10H13NO. The zero-order valence-corrected chi connectivity index (χ0v) is 7.07. The van der Waals surface area contributed by atoms with Crippen LogP contribution in [-0.2, 0) is 4.79 Å². The molecule has 0 radical (unpaired) electrons. The summed E-state index contributed by atoms with van der Waals surface area (Å²) in [4.78, 5) is 13.4. The average molecular weight is 163 g/mol. The van der Waals surface area contributed by atoms with Crippen LogP contribution in [0, 0.1) is 17.8 Å². The number of rotatable bonds is 3. The Balaban J connectivity index is 1.83. The van der Waals surface area contributed by atoms with Crippen LogP contribution in [0.15, 0.2) is 17.1 Å². The number of hydrogen-bond acceptors (Lipinski definition) is 2. The van der Waals surface area contributed by atoms with Gasteiger partial charge in [0.05, 0.1) is 6.54 Å². The maximum atomic E-state index is 9.83. The second-order valence-corrected chi connectivity index (χ2v) is 3.80. The molecule has 0 heterocycles. The zero-order valence-electron chi connectivity index (χ0n) is 7.07. The molecule has 1 saturated carbocycles. The van der Waals surface area contributed by atoms with Gasteiger partial charge in [0.2, 0.25) is 6.08 Å². The molecule has 0 N–H and O–H groups in total. The molecular weight excluding hydrogens is 150 g/mol. The number of isocyanates is 1. The van der Waals surface area contributed by atoms with Crippen LogP contribution in [0.3, 0.4) is 0 Å². The van der Waals surface area contributed by atoms with E-state index in [1.807, 2.05) is 0 Å². The Bertz CT molecular complexity index is 240. The van der Waals surface area contributed by atoms with Crippen molar-refractivity contribution in [1.82, 2.24) is 0 Å². The summed E-state index contributed by atoms with van der Waals surface area (Å²) >= 11 is 0. The van der Waals surface area contributed by atoms with Crippen molar-refractivity contribution in [2.75, 3.05) is 6.54 Å². The highest BCUT2D eigenvalue weighted by Crippen LogP contribution is 2.44. The Hall–Kier alpha value is -0.880. The van der Waals surface area contributed by atoms with Gasteiger partial charge in [-0.25, -0.2) is 9.79 Å². The summed E-state index contributed by atoms with van der Waals surface area (Å²) in [5, 5.41) is 0. The van der Waals surface area contributed by atoms with Gasteiger partial charge in [0.15, 0.2) is 0 Å². The lowest BCUT2D eigenvalue weighted by atomic mass is 9.91. The number of hydrogen-bond donors (Lipinski definition) is 0. The highest BCUT2D eigenvalue weighted by Gasteiger charge is 2.34. The fraction of sp³-hybridized carbons (Fsp3) is 0.700. The molecule has 2 nitrogen and oxygen atoms in total. The minimum Gasteiger partial charge on any atom is -0.211 e. The third kappa shape index (κ3) is 1.35. The molecule has 0 spiro atoms. The Kier molecular flexibility index (Phi) is 2.09. The molecule has 12 heavy (non-hydrogen) atoms. The van der Waals surface area contributed by atoms with Crippen LogP contribution >= 0.6 is 0 Å². The van der Waals surface area contributed by atoms with E-state index in [9.17, 15) is 4.79 Å². The summed E-state index contributed by atoms with van der Waals surface area (Å²) < 4.78 is 0. The molecule has 0 aromatic carbocycles. The number of aliphatic imine (C=N–C) groups is 1. The van der Waals surface area contributed by atoms with Crippen LogP contribution in [0.1, 0.15) is 19.3 Å². The summed E-state index contributed by atoms with van der Waals surface area (Å²) in [7, 11) is 0. The van der Waals surface area contributed by atoms with Crippen LogP contribution < -0.4 is 0 Å². The van der Waals surface area contributed by atoms with Crippen LogP contribution in [0.2, 0.25) is 0 Å². The molecule has 0 aliphatic heterocycles. The standard InChI is InChI=1S/C10H13NO/c12-7-11-4-3-10-6-8-1-2-9(10)5-8/h1-2,8-10H,3-6H2. The van der Waals surface area contributed by atoms with Gasteiger partial charge < -0.3 is 0 Å². The second-order valence-electron chi connectivity index (χ2n) is 3.80. The number of nitrogens with zero attached hydrogens (tertiary/aromatic N) is 1. The first-order valence-corrected chi connectivity index (χ1v) is 4.62. The minimum absolute atomic E-state index is 0.672. The summed E-state index contributed by atoms with van der Waals surface area (Å²) in [6.45, 7) is 0.672. The van der Waals surface area contributed by atoms with Crippen molar-refractivity contribution in [3.8, 4) is 0 Å². The van der Waals surface area contributed by atoms with Gasteiger partial charge in [-0.1, -0.05) is 12.2 Å². The molecule has 0 saturated heterocycles. The van der Waals surface area contributed by atoms with Crippen LogP contribution in [0.25, 0.3) is 0 Å². The molecule has 3 atom stereocenters. The second kappa shape index (κ2) is 3.24. The first-order chi connectivity index (χ1) is 5.90. The van der Waals surface area contributed by atoms with E-state index in [0.717, 1.165) is 24.2 Å². The molecule has 3 unspecified atom stereocenters. The first kappa shape index (κ1) is 7.75. The van der Waals surface area contributed by atoms with Crippen LogP contribution in [-0.4, -0.2) is 12.6 Å². The van der Waals surface area contributed by atoms with Crippen molar-refractivity contribution in [2.45, 2.75) is 19.3 Å². The lowest BCUT2D eigenvalue weighted by molar-refractivity contribution is 0.422. The molecule has 2 heteroatoms. The van der Waals surface area contributed by atoms with E-state index in [2.05, 4.69) is 17.1 Å². The predicted molar refractivity (Wildman–Crippen MR) is 46.4 cm³/mol. The predicted octanol–water partition coefficient (Wildman–Crippen LogP) is 1.92. The Morgan fingerprint density at radius 2 is 2.33 bits per heavy atom. The van der Waals surface area contributed by atoms with Gasteiger partial charge in [-0.15, -0.1) is 0 Å². The summed E-state index contributed by atoms with van der Waals surface area (Å²) in [5.74, 6) is 2.41. The third-order valence-electron chi connectivity index (χ3n) is 3.09. The van der Waals surface area contributed by atoms with Crippen LogP contribution in [0.5, 0.6) is 0 Å². The quantitative estimate of drug-likeness (QED) is 0.355. The SMILES string of the molecule is O=C=NCCC1CC2C=CC1C2. The van der Waals surface area contributed by atoms with Gasteiger partial charge in [0.1, 0.15) is 0 Å². The molecule has 2 aliphatic carbocycles. The van der Waals surface area contributed by atoms with E-state index in [-0.39, 0.29) is 0 Å². The summed E-state index contributed by atoms with van der Waals surface area (Å²) in [6, 6.07) is 0. The molecule has 2 rings (SSSR count). The summed E-state index contributed by atoms with van der Waals surface area (Å²) in [5.41, 5.74) is 0. The van der Waals surface area contributed by atoms with Gasteiger partial charge in [-0.05, 0) is 37.0 Å². The monoisotopic (exact) mass is 163 g/mol. The van der Waals surface area contributed by atoms with Crippen molar-refractivity contribution in [1.29, 1.82) is 0 Å². The molecule has 64 valence electrons. The van der Waals surface area contributed by atoms with Crippen molar-refractivity contribution < 1.29 is 4.79 Å². The van der Waals surface area contributed by atoms with E-state index in [1.165, 1.54) is 12.8 Å². The minimum atomic E-state index is 0.672. The average Bonchev–Trinajstić information content (AvgIpc) is 2.65. The Morgan fingerprint density at radius 3 is 2.92 bits per heavy atom. The topological polar surface area (TPSA) is 29.4 Å². The smallest absolute Gasteiger partial charge is 0.211 e. The first-order valence-electron chi connectivity index (χ1n) is 4.62. The largest absolute Gasteiger partial charge is 0.234 e. The molecule has 0 aromatic heterocycles. The van der Waals surface area contributed by atoms with E-state index >= 15 is 0 Å². The maximum Gasteiger partial charge on any atom is 0.234 e. The molecule has 0 amide bonds. The van der Waals surface area contributed by atoms with Crippen molar-refractivity contribution in [3.05, 3.63) is 12.2 Å². The lowest BCUT2D eigenvalue weighted by Gasteiger charge is -2.15. The van der Waals surface area contributed by atoms with E-state index in [1.54, 1.807) is 6.08 Å². The molecule has 1 fully saturated rings. The fourth-order valence-electron chi connectivity index (χ4n) is 2.50. The van der Waals surface area contributed by atoms with Crippen molar-refractivity contribution in [3.63, 3.8) is 0 Å². The van der Waals surface area contributed by atoms with Gasteiger partial charge in [0, 0.05) is 0 Å². The molecule has 2 bridgehead atoms. The normalized spacial score (nSPS) is 36.8. The third-order valence-corrected chi connectivity index (χ3v) is 3.09. The van der Waals surface area contributed by atoms with Crippen molar-refractivity contribution >= 4 is 6.08 Å². The van der Waals surface area contributed by atoms with Gasteiger partial charge in [-0.3, -0.25) is 0 Å². The number of carbonyl (C=O) groups excluding carboxylic acids is 1. The number of fused-ring (bicyclic) bond motifs is 2. The highest BCUT2D eigenvalue weighted by atomic mass is 16.1. The van der Waals surface area contributed by atoms with Gasteiger partial charge >= 0.3 is 0 Å². The van der Waals surface area contributed by atoms with Crippen LogP contribution in [0.4, 0.5) is 0 Å². The molecule has 0 aromatic rings. The maximum absolute atomic E-state index is 9.83. The van der Waals surface area contributed by atoms with E-state index < -0.39 is 0 Å². The zero-order chi connectivity index (χ0) is 8.39. The number of allylic oxidation sites excluding steroid dienone is 2. The van der Waals surface area contributed by atoms with Crippen molar-refractivity contribution in [2.24, 2.45) is 22.7 Å². The Labute approximate surface area is 72.4 Å². The highest BCUT2D eigenvalue weighted by molar-refractivity contribution is 5.32. The molecule has 2 aliphatic rings. The van der Waals surface area contributed by atoms with Gasteiger partial charge in [-0.2, -0.15) is 0 Å².